The SMILES string of the molecule is Cc1ccccc1C(CCP(=O)(O)O)C(=O)c1cccc(OCc2ccccc2)c1. The second-order valence-corrected chi connectivity index (χ2v) is 9.03. The van der Waals surface area contributed by atoms with Crippen molar-refractivity contribution in [2.24, 2.45) is 0 Å². The molecule has 1 unspecified atom stereocenters. The van der Waals surface area contributed by atoms with Crippen LogP contribution in [0.3, 0.4) is 0 Å². The van der Waals surface area contributed by atoms with Crippen LogP contribution in [0.5, 0.6) is 5.75 Å². The monoisotopic (exact) mass is 424 g/mol. The van der Waals surface area contributed by atoms with E-state index in [1.807, 2.05) is 61.5 Å². The fourth-order valence-corrected chi connectivity index (χ4v) is 3.98. The van der Waals surface area contributed by atoms with Gasteiger partial charge < -0.3 is 14.5 Å². The van der Waals surface area contributed by atoms with Crippen LogP contribution in [0.15, 0.2) is 78.9 Å². The van der Waals surface area contributed by atoms with Crippen LogP contribution in [0.25, 0.3) is 0 Å². The molecule has 0 aliphatic carbocycles. The number of aryl methyl sites for hydroxylation is 1. The summed E-state index contributed by atoms with van der Waals surface area (Å²) >= 11 is 0. The largest absolute Gasteiger partial charge is 0.489 e. The number of rotatable bonds is 9. The predicted octanol–water partition coefficient (Wildman–Crippen LogP) is 5.11. The van der Waals surface area contributed by atoms with E-state index >= 15 is 0 Å². The molecule has 2 N–H and O–H groups in total. The average Bonchev–Trinajstić information content (AvgIpc) is 2.73. The molecule has 156 valence electrons. The summed E-state index contributed by atoms with van der Waals surface area (Å²) in [6.45, 7) is 2.28. The molecule has 1 atom stereocenters. The molecular weight excluding hydrogens is 399 g/mol. The molecular formula is C24H25O5P. The van der Waals surface area contributed by atoms with Crippen molar-refractivity contribution in [3.8, 4) is 5.75 Å². The molecule has 0 heterocycles. The molecule has 3 aromatic carbocycles. The smallest absolute Gasteiger partial charge is 0.325 e. The first-order valence-electron chi connectivity index (χ1n) is 9.74. The number of hydrogen-bond donors (Lipinski definition) is 2. The summed E-state index contributed by atoms with van der Waals surface area (Å²) in [4.78, 5) is 32.0. The zero-order valence-electron chi connectivity index (χ0n) is 16.8. The van der Waals surface area contributed by atoms with Crippen molar-refractivity contribution in [2.45, 2.75) is 25.9 Å². The Labute approximate surface area is 176 Å². The van der Waals surface area contributed by atoms with Gasteiger partial charge in [-0.15, -0.1) is 0 Å². The highest BCUT2D eigenvalue weighted by Gasteiger charge is 2.27. The molecule has 5 nitrogen and oxygen atoms in total. The van der Waals surface area contributed by atoms with E-state index in [0.29, 0.717) is 17.9 Å². The minimum absolute atomic E-state index is 0.0725. The highest BCUT2D eigenvalue weighted by Crippen LogP contribution is 2.39. The minimum Gasteiger partial charge on any atom is -0.489 e. The van der Waals surface area contributed by atoms with Crippen LogP contribution in [0, 0.1) is 6.92 Å². The van der Waals surface area contributed by atoms with Crippen molar-refractivity contribution in [3.63, 3.8) is 0 Å². The number of carbonyl (C=O) groups is 1. The molecule has 0 fully saturated rings. The van der Waals surface area contributed by atoms with Crippen molar-refractivity contribution < 1.29 is 23.9 Å². The van der Waals surface area contributed by atoms with Crippen LogP contribution in [0.2, 0.25) is 0 Å². The second kappa shape index (κ2) is 9.86. The Morgan fingerprint density at radius 3 is 2.37 bits per heavy atom. The third-order valence-corrected chi connectivity index (χ3v) is 5.80. The molecule has 0 bridgehead atoms. The minimum atomic E-state index is -4.22. The van der Waals surface area contributed by atoms with Gasteiger partial charge in [-0.25, -0.2) is 0 Å². The lowest BCUT2D eigenvalue weighted by Gasteiger charge is -2.19. The zero-order valence-corrected chi connectivity index (χ0v) is 17.7. The number of hydrogen-bond acceptors (Lipinski definition) is 3. The number of Topliss-reactive ketones (excluding diaryl/α,β-unsaturated/α-hetero) is 1. The maximum Gasteiger partial charge on any atom is 0.325 e. The van der Waals surface area contributed by atoms with E-state index < -0.39 is 13.5 Å². The molecule has 0 aromatic heterocycles. The second-order valence-electron chi connectivity index (χ2n) is 7.25. The van der Waals surface area contributed by atoms with Crippen LogP contribution < -0.4 is 4.74 Å². The van der Waals surface area contributed by atoms with Gasteiger partial charge in [0.05, 0.1) is 6.16 Å². The quantitative estimate of drug-likeness (QED) is 0.368. The van der Waals surface area contributed by atoms with Crippen LogP contribution >= 0.6 is 7.60 Å². The molecule has 0 amide bonds. The highest BCUT2D eigenvalue weighted by atomic mass is 31.2. The number of benzene rings is 3. The van der Waals surface area contributed by atoms with Gasteiger partial charge in [-0.05, 0) is 42.2 Å². The number of ether oxygens (including phenoxy) is 1. The Morgan fingerprint density at radius 2 is 1.67 bits per heavy atom. The first-order valence-corrected chi connectivity index (χ1v) is 11.5. The molecule has 6 heteroatoms. The standard InChI is InChI=1S/C24H25O5P/c1-18-8-5-6-13-22(18)23(14-15-30(26,27)28)24(25)20-11-7-12-21(16-20)29-17-19-9-3-2-4-10-19/h2-13,16,23H,14-15,17H2,1H3,(H2,26,27,28). The van der Waals surface area contributed by atoms with Crippen molar-refractivity contribution in [2.75, 3.05) is 6.16 Å². The van der Waals surface area contributed by atoms with Gasteiger partial charge in [0.15, 0.2) is 5.78 Å². The molecule has 0 radical (unpaired) electrons. The summed E-state index contributed by atoms with van der Waals surface area (Å²) in [5, 5.41) is 0. The molecule has 0 saturated carbocycles. The summed E-state index contributed by atoms with van der Waals surface area (Å²) < 4.78 is 17.3. The summed E-state index contributed by atoms with van der Waals surface area (Å²) in [5.74, 6) is -0.241. The van der Waals surface area contributed by atoms with Crippen LogP contribution in [0.4, 0.5) is 0 Å². The number of ketones is 1. The lowest BCUT2D eigenvalue weighted by Crippen LogP contribution is -2.16. The Morgan fingerprint density at radius 1 is 0.967 bits per heavy atom. The predicted molar refractivity (Wildman–Crippen MR) is 117 cm³/mol. The fraction of sp³-hybridized carbons (Fsp3) is 0.208. The summed E-state index contributed by atoms with van der Waals surface area (Å²) in [5.41, 5.74) is 3.18. The van der Waals surface area contributed by atoms with Gasteiger partial charge in [-0.3, -0.25) is 9.36 Å². The van der Waals surface area contributed by atoms with E-state index in [1.165, 1.54) is 0 Å². The van der Waals surface area contributed by atoms with Gasteiger partial charge in [-0.1, -0.05) is 66.7 Å². The van der Waals surface area contributed by atoms with E-state index in [0.717, 1.165) is 16.7 Å². The van der Waals surface area contributed by atoms with Gasteiger partial charge in [0.1, 0.15) is 12.4 Å². The van der Waals surface area contributed by atoms with E-state index in [4.69, 9.17) is 4.74 Å². The van der Waals surface area contributed by atoms with Crippen LogP contribution in [0.1, 0.15) is 39.4 Å². The summed E-state index contributed by atoms with van der Waals surface area (Å²) in [6.07, 6.45) is -0.273. The lowest BCUT2D eigenvalue weighted by molar-refractivity contribution is 0.0956. The third-order valence-electron chi connectivity index (χ3n) is 4.96. The van der Waals surface area contributed by atoms with Gasteiger partial charge in [0, 0.05) is 11.5 Å². The fourth-order valence-electron chi connectivity index (χ4n) is 3.38. The van der Waals surface area contributed by atoms with Gasteiger partial charge in [0.25, 0.3) is 0 Å². The Kier molecular flexibility index (Phi) is 7.22. The first-order chi connectivity index (χ1) is 14.3. The van der Waals surface area contributed by atoms with E-state index in [-0.39, 0.29) is 18.4 Å². The van der Waals surface area contributed by atoms with Crippen LogP contribution in [-0.4, -0.2) is 21.7 Å². The summed E-state index contributed by atoms with van der Waals surface area (Å²) in [6, 6.07) is 24.1. The van der Waals surface area contributed by atoms with Crippen molar-refractivity contribution in [1.82, 2.24) is 0 Å². The molecule has 0 aliphatic rings. The summed E-state index contributed by atoms with van der Waals surface area (Å²) in [7, 11) is -4.22. The lowest BCUT2D eigenvalue weighted by atomic mass is 9.86. The van der Waals surface area contributed by atoms with Crippen LogP contribution in [-0.2, 0) is 11.2 Å². The molecule has 3 aromatic rings. The van der Waals surface area contributed by atoms with E-state index in [1.54, 1.807) is 24.3 Å². The molecule has 3 rings (SSSR count). The van der Waals surface area contributed by atoms with Crippen molar-refractivity contribution in [3.05, 3.63) is 101 Å². The Balaban J connectivity index is 1.83. The highest BCUT2D eigenvalue weighted by molar-refractivity contribution is 7.51. The zero-order chi connectivity index (χ0) is 21.6. The molecule has 0 aliphatic heterocycles. The maximum absolute atomic E-state index is 13.3. The Hall–Kier alpha value is -2.72. The van der Waals surface area contributed by atoms with Gasteiger partial charge in [0.2, 0.25) is 0 Å². The van der Waals surface area contributed by atoms with Gasteiger partial charge in [-0.2, -0.15) is 0 Å². The molecule has 0 saturated heterocycles. The van der Waals surface area contributed by atoms with Crippen molar-refractivity contribution >= 4 is 13.4 Å². The van der Waals surface area contributed by atoms with E-state index in [2.05, 4.69) is 0 Å². The molecule has 30 heavy (non-hydrogen) atoms. The molecule has 0 spiro atoms. The van der Waals surface area contributed by atoms with Gasteiger partial charge >= 0.3 is 7.60 Å². The normalized spacial score (nSPS) is 12.4. The van der Waals surface area contributed by atoms with E-state index in [9.17, 15) is 19.1 Å². The van der Waals surface area contributed by atoms with Crippen molar-refractivity contribution in [1.29, 1.82) is 0 Å². The third kappa shape index (κ3) is 6.14. The topological polar surface area (TPSA) is 83.8 Å². The first kappa shape index (κ1) is 22.0. The maximum atomic E-state index is 13.3. The average molecular weight is 424 g/mol. The number of carbonyl (C=O) groups excluding carboxylic acids is 1. The Bertz CT molecular complexity index is 1040.